The summed E-state index contributed by atoms with van der Waals surface area (Å²) in [5.41, 5.74) is 2.79. The second-order valence-electron chi connectivity index (χ2n) is 9.79. The Kier molecular flexibility index (Phi) is 7.91. The summed E-state index contributed by atoms with van der Waals surface area (Å²) in [7, 11) is 5.40. The van der Waals surface area contributed by atoms with Gasteiger partial charge >= 0.3 is 0 Å². The van der Waals surface area contributed by atoms with Gasteiger partial charge in [0.05, 0.1) is 30.7 Å². The normalized spacial score (nSPS) is 21.5. The van der Waals surface area contributed by atoms with Gasteiger partial charge in [-0.05, 0) is 69.8 Å². The first-order valence-corrected chi connectivity index (χ1v) is 12.2. The van der Waals surface area contributed by atoms with E-state index in [0.29, 0.717) is 29.8 Å². The minimum Gasteiger partial charge on any atom is -0.490 e. The molecule has 9 heteroatoms. The summed E-state index contributed by atoms with van der Waals surface area (Å²) in [4.78, 5) is 41.6. The van der Waals surface area contributed by atoms with Crippen LogP contribution in [0.5, 0.6) is 5.75 Å². The molecule has 0 radical (unpaired) electrons. The summed E-state index contributed by atoms with van der Waals surface area (Å²) in [6, 6.07) is 12.6. The van der Waals surface area contributed by atoms with Crippen LogP contribution in [0, 0.1) is 6.92 Å². The molecule has 0 bridgehead atoms. The number of benzene rings is 2. The van der Waals surface area contributed by atoms with Crippen LogP contribution in [0.3, 0.4) is 0 Å². The lowest BCUT2D eigenvalue weighted by Gasteiger charge is -2.42. The number of nitrogens with one attached hydrogen (secondary N) is 2. The third-order valence-corrected chi connectivity index (χ3v) is 6.47. The number of anilines is 2. The van der Waals surface area contributed by atoms with Gasteiger partial charge in [-0.15, -0.1) is 0 Å². The van der Waals surface area contributed by atoms with Crippen LogP contribution in [0.15, 0.2) is 42.5 Å². The van der Waals surface area contributed by atoms with Gasteiger partial charge in [-0.2, -0.15) is 0 Å². The minimum atomic E-state index is -0.350. The average Bonchev–Trinajstić information content (AvgIpc) is 2.81. The number of aryl methyl sites for hydroxylation is 1. The number of likely N-dealkylation sites (N-methyl/N-ethyl adjacent to an activating group) is 2. The lowest BCUT2D eigenvalue weighted by molar-refractivity contribution is -0.130. The third-order valence-electron chi connectivity index (χ3n) is 6.47. The molecule has 1 saturated heterocycles. The van der Waals surface area contributed by atoms with Crippen LogP contribution in [-0.4, -0.2) is 80.1 Å². The highest BCUT2D eigenvalue weighted by Gasteiger charge is 2.39. The van der Waals surface area contributed by atoms with E-state index in [-0.39, 0.29) is 55.5 Å². The molecule has 2 aromatic rings. The van der Waals surface area contributed by atoms with Crippen molar-refractivity contribution in [1.82, 2.24) is 9.80 Å². The largest absolute Gasteiger partial charge is 0.490 e. The van der Waals surface area contributed by atoms with E-state index in [4.69, 9.17) is 9.47 Å². The Labute approximate surface area is 211 Å². The Hall–Kier alpha value is -3.43. The lowest BCUT2D eigenvalue weighted by Crippen LogP contribution is -2.53. The van der Waals surface area contributed by atoms with Crippen molar-refractivity contribution in [3.8, 4) is 5.75 Å². The first-order chi connectivity index (χ1) is 17.2. The SMILES string of the molecule is Cc1cccc(NC(=O)C[C@H]2CC[C@H]3[C@@H](COc4ccc(NC(=O)CN(C)C)cc4C(=O)N3C)O2)c1. The molecule has 4 rings (SSSR count). The van der Waals surface area contributed by atoms with Crippen molar-refractivity contribution in [2.24, 2.45) is 0 Å². The van der Waals surface area contributed by atoms with E-state index in [0.717, 1.165) is 11.3 Å². The van der Waals surface area contributed by atoms with E-state index in [2.05, 4.69) is 10.6 Å². The quantitative estimate of drug-likeness (QED) is 0.641. The first-order valence-electron chi connectivity index (χ1n) is 12.2. The average molecular weight is 495 g/mol. The molecule has 0 spiro atoms. The molecule has 1 fully saturated rings. The minimum absolute atomic E-state index is 0.102. The van der Waals surface area contributed by atoms with Crippen LogP contribution in [0.1, 0.15) is 35.2 Å². The molecule has 0 unspecified atom stereocenters. The van der Waals surface area contributed by atoms with Crippen molar-refractivity contribution in [2.45, 2.75) is 44.4 Å². The van der Waals surface area contributed by atoms with Gasteiger partial charge in [0, 0.05) is 18.4 Å². The van der Waals surface area contributed by atoms with Gasteiger partial charge in [0.1, 0.15) is 18.5 Å². The molecule has 2 N–H and O–H groups in total. The number of hydrogen-bond acceptors (Lipinski definition) is 6. The Morgan fingerprint density at radius 3 is 2.56 bits per heavy atom. The molecule has 0 aliphatic carbocycles. The summed E-state index contributed by atoms with van der Waals surface area (Å²) in [6.45, 7) is 2.48. The monoisotopic (exact) mass is 494 g/mol. The number of carbonyl (C=O) groups excluding carboxylic acids is 3. The van der Waals surface area contributed by atoms with Crippen molar-refractivity contribution in [3.05, 3.63) is 53.6 Å². The maximum Gasteiger partial charge on any atom is 0.257 e. The molecule has 3 atom stereocenters. The number of nitrogens with zero attached hydrogens (tertiary/aromatic N) is 2. The summed E-state index contributed by atoms with van der Waals surface area (Å²) in [5, 5.41) is 5.76. The highest BCUT2D eigenvalue weighted by Crippen LogP contribution is 2.32. The number of amides is 3. The molecular formula is C27H34N4O5. The fraction of sp³-hybridized carbons (Fsp3) is 0.444. The van der Waals surface area contributed by atoms with E-state index in [1.165, 1.54) is 0 Å². The van der Waals surface area contributed by atoms with E-state index in [9.17, 15) is 14.4 Å². The molecule has 2 aromatic carbocycles. The Morgan fingerprint density at radius 1 is 1.06 bits per heavy atom. The molecule has 3 amide bonds. The predicted molar refractivity (Wildman–Crippen MR) is 137 cm³/mol. The Bertz CT molecular complexity index is 1130. The molecule has 0 aromatic heterocycles. The van der Waals surface area contributed by atoms with Gasteiger partial charge in [0.15, 0.2) is 0 Å². The van der Waals surface area contributed by atoms with Gasteiger partial charge in [-0.1, -0.05) is 12.1 Å². The number of fused-ring (bicyclic) bond motifs is 2. The number of rotatable bonds is 6. The number of hydrogen-bond donors (Lipinski definition) is 2. The second kappa shape index (κ2) is 11.1. The Balaban J connectivity index is 1.41. The molecule has 2 aliphatic heterocycles. The standard InChI is InChI=1S/C27H34N4O5/c1-17-6-5-7-18(12-17)28-25(32)14-20-9-10-22-24(36-20)16-35-23-11-8-19(29-26(33)15-30(2)3)13-21(23)27(34)31(22)4/h5-8,11-13,20,22,24H,9-10,14-16H2,1-4H3,(H,28,32)(H,29,33)/t20-,22+,24-/m1/s1. The highest BCUT2D eigenvalue weighted by atomic mass is 16.5. The molecule has 2 aliphatic rings. The van der Waals surface area contributed by atoms with Crippen molar-refractivity contribution < 1.29 is 23.9 Å². The van der Waals surface area contributed by atoms with Crippen molar-refractivity contribution in [3.63, 3.8) is 0 Å². The summed E-state index contributed by atoms with van der Waals surface area (Å²) in [6.07, 6.45) is 0.996. The lowest BCUT2D eigenvalue weighted by atomic mass is 9.94. The van der Waals surface area contributed by atoms with Crippen molar-refractivity contribution >= 4 is 29.1 Å². The maximum atomic E-state index is 13.4. The molecular weight excluding hydrogens is 460 g/mol. The van der Waals surface area contributed by atoms with Crippen molar-refractivity contribution in [2.75, 3.05) is 44.9 Å². The van der Waals surface area contributed by atoms with Gasteiger partial charge in [-0.25, -0.2) is 0 Å². The third kappa shape index (κ3) is 6.22. The Morgan fingerprint density at radius 2 is 1.81 bits per heavy atom. The fourth-order valence-electron chi connectivity index (χ4n) is 4.73. The zero-order valence-corrected chi connectivity index (χ0v) is 21.2. The first kappa shape index (κ1) is 25.7. The highest BCUT2D eigenvalue weighted by molar-refractivity contribution is 6.00. The van der Waals surface area contributed by atoms with Crippen LogP contribution in [0.2, 0.25) is 0 Å². The summed E-state index contributed by atoms with van der Waals surface area (Å²) >= 11 is 0. The van der Waals surface area contributed by atoms with E-state index in [1.807, 2.05) is 45.3 Å². The van der Waals surface area contributed by atoms with Crippen LogP contribution in [-0.2, 0) is 14.3 Å². The molecule has 9 nitrogen and oxygen atoms in total. The van der Waals surface area contributed by atoms with Crippen molar-refractivity contribution in [1.29, 1.82) is 0 Å². The maximum absolute atomic E-state index is 13.4. The van der Waals surface area contributed by atoms with E-state index >= 15 is 0 Å². The molecule has 36 heavy (non-hydrogen) atoms. The summed E-state index contributed by atoms with van der Waals surface area (Å²) in [5.74, 6) is -0.0124. The number of carbonyl (C=O) groups is 3. The second-order valence-corrected chi connectivity index (χ2v) is 9.79. The van der Waals surface area contributed by atoms with Gasteiger partial charge in [-0.3, -0.25) is 14.4 Å². The van der Waals surface area contributed by atoms with Crippen LogP contribution < -0.4 is 15.4 Å². The molecule has 0 saturated carbocycles. The molecule has 2 heterocycles. The van der Waals surface area contributed by atoms with Crippen LogP contribution >= 0.6 is 0 Å². The van der Waals surface area contributed by atoms with Gasteiger partial charge in [0.25, 0.3) is 5.91 Å². The zero-order valence-electron chi connectivity index (χ0n) is 21.2. The van der Waals surface area contributed by atoms with Crippen LogP contribution in [0.25, 0.3) is 0 Å². The number of ether oxygens (including phenoxy) is 2. The predicted octanol–water partition coefficient (Wildman–Crippen LogP) is 2.90. The summed E-state index contributed by atoms with van der Waals surface area (Å²) < 4.78 is 12.3. The van der Waals surface area contributed by atoms with Gasteiger partial charge in [0.2, 0.25) is 11.8 Å². The smallest absolute Gasteiger partial charge is 0.257 e. The zero-order chi connectivity index (χ0) is 25.8. The van der Waals surface area contributed by atoms with E-state index in [1.54, 1.807) is 35.0 Å². The van der Waals surface area contributed by atoms with Gasteiger partial charge < -0.3 is 29.9 Å². The van der Waals surface area contributed by atoms with Crippen LogP contribution in [0.4, 0.5) is 11.4 Å². The topological polar surface area (TPSA) is 100 Å². The van der Waals surface area contributed by atoms with E-state index < -0.39 is 0 Å². The molecule has 192 valence electrons. The fourth-order valence-corrected chi connectivity index (χ4v) is 4.73.